The van der Waals surface area contributed by atoms with Gasteiger partial charge in [-0.25, -0.2) is 18.0 Å². The maximum Gasteiger partial charge on any atom is 0.328 e. The standard InChI is InChI=1S/C15H19N5O4S/c1-17-12-4-3-11(7-13(12)18(2)15(17)22)25(23,24)19-5-6-20-10(9-19)8-16-14(20)21/h3-4,7,10H,5-6,8-9H2,1-2H3,(H,16,21)/t10-/m1/s1. The number of amides is 2. The lowest BCUT2D eigenvalue weighted by molar-refractivity contribution is 0.164. The van der Waals surface area contributed by atoms with Crippen LogP contribution in [0.3, 0.4) is 0 Å². The molecule has 10 heteroatoms. The highest BCUT2D eigenvalue weighted by Crippen LogP contribution is 2.24. The number of hydrogen-bond donors (Lipinski definition) is 1. The van der Waals surface area contributed by atoms with E-state index in [0.29, 0.717) is 24.1 Å². The predicted molar refractivity (Wildman–Crippen MR) is 90.8 cm³/mol. The number of rotatable bonds is 2. The van der Waals surface area contributed by atoms with Gasteiger partial charge in [-0.15, -0.1) is 0 Å². The van der Waals surface area contributed by atoms with E-state index in [4.69, 9.17) is 0 Å². The van der Waals surface area contributed by atoms with Crippen LogP contribution in [0.1, 0.15) is 0 Å². The molecule has 2 aliphatic rings. The van der Waals surface area contributed by atoms with Crippen LogP contribution < -0.4 is 11.0 Å². The molecule has 1 atom stereocenters. The van der Waals surface area contributed by atoms with Crippen molar-refractivity contribution in [3.63, 3.8) is 0 Å². The Balaban J connectivity index is 1.71. The second-order valence-electron chi connectivity index (χ2n) is 6.45. The van der Waals surface area contributed by atoms with Gasteiger partial charge in [0.25, 0.3) is 0 Å². The summed E-state index contributed by atoms with van der Waals surface area (Å²) in [6, 6.07) is 4.45. The third-order valence-corrected chi connectivity index (χ3v) is 6.94. The Morgan fingerprint density at radius 1 is 1.08 bits per heavy atom. The number of aryl methyl sites for hydroxylation is 2. The van der Waals surface area contributed by atoms with Crippen LogP contribution in [0.25, 0.3) is 11.0 Å². The third-order valence-electron chi connectivity index (χ3n) is 5.08. The number of imidazole rings is 1. The molecule has 2 saturated heterocycles. The number of nitrogens with zero attached hydrogens (tertiary/aromatic N) is 4. The number of fused-ring (bicyclic) bond motifs is 2. The largest absolute Gasteiger partial charge is 0.336 e. The van der Waals surface area contributed by atoms with Crippen molar-refractivity contribution in [2.75, 3.05) is 26.2 Å². The smallest absolute Gasteiger partial charge is 0.328 e. The number of nitrogens with one attached hydrogen (secondary N) is 1. The van der Waals surface area contributed by atoms with Gasteiger partial charge in [-0.3, -0.25) is 9.13 Å². The van der Waals surface area contributed by atoms with E-state index in [1.807, 2.05) is 0 Å². The molecule has 25 heavy (non-hydrogen) atoms. The summed E-state index contributed by atoms with van der Waals surface area (Å²) < 4.78 is 30.4. The van der Waals surface area contributed by atoms with E-state index in [-0.39, 0.29) is 35.7 Å². The number of hydrogen-bond acceptors (Lipinski definition) is 4. The van der Waals surface area contributed by atoms with Crippen molar-refractivity contribution in [3.8, 4) is 0 Å². The van der Waals surface area contributed by atoms with Crippen LogP contribution in [-0.4, -0.2) is 65.0 Å². The zero-order valence-electron chi connectivity index (χ0n) is 14.0. The highest BCUT2D eigenvalue weighted by atomic mass is 32.2. The zero-order chi connectivity index (χ0) is 17.9. The van der Waals surface area contributed by atoms with Gasteiger partial charge < -0.3 is 10.2 Å². The van der Waals surface area contributed by atoms with Gasteiger partial charge in [0.05, 0.1) is 22.0 Å². The van der Waals surface area contributed by atoms with Crippen molar-refractivity contribution in [1.82, 2.24) is 23.7 Å². The summed E-state index contributed by atoms with van der Waals surface area (Å²) in [4.78, 5) is 25.5. The summed E-state index contributed by atoms with van der Waals surface area (Å²) in [5.41, 5.74) is 1.06. The number of carbonyl (C=O) groups is 1. The van der Waals surface area contributed by atoms with Crippen LogP contribution in [0.15, 0.2) is 27.9 Å². The first kappa shape index (κ1) is 16.2. The molecule has 0 bridgehead atoms. The van der Waals surface area contributed by atoms with Crippen LogP contribution in [-0.2, 0) is 24.1 Å². The minimum absolute atomic E-state index is 0.136. The van der Waals surface area contributed by atoms with Gasteiger partial charge in [0.1, 0.15) is 0 Å². The molecule has 2 aromatic rings. The molecule has 1 aromatic carbocycles. The third kappa shape index (κ3) is 2.28. The minimum Gasteiger partial charge on any atom is -0.336 e. The lowest BCUT2D eigenvalue weighted by Crippen LogP contribution is -2.53. The predicted octanol–water partition coefficient (Wildman–Crippen LogP) is -0.725. The van der Waals surface area contributed by atoms with Gasteiger partial charge in [0.15, 0.2) is 0 Å². The average molecular weight is 365 g/mol. The Morgan fingerprint density at radius 2 is 1.80 bits per heavy atom. The lowest BCUT2D eigenvalue weighted by atomic mass is 10.2. The van der Waals surface area contributed by atoms with Crippen molar-refractivity contribution >= 4 is 27.1 Å². The Labute approximate surface area is 144 Å². The molecule has 3 heterocycles. The van der Waals surface area contributed by atoms with Gasteiger partial charge >= 0.3 is 11.7 Å². The summed E-state index contributed by atoms with van der Waals surface area (Å²) in [5, 5.41) is 2.74. The van der Waals surface area contributed by atoms with Gasteiger partial charge in [-0.05, 0) is 18.2 Å². The Hall–Kier alpha value is -2.33. The number of benzene rings is 1. The first-order valence-electron chi connectivity index (χ1n) is 8.01. The fraction of sp³-hybridized carbons (Fsp3) is 0.467. The first-order chi connectivity index (χ1) is 11.8. The van der Waals surface area contributed by atoms with Crippen molar-refractivity contribution in [3.05, 3.63) is 28.7 Å². The first-order valence-corrected chi connectivity index (χ1v) is 9.45. The Morgan fingerprint density at radius 3 is 2.56 bits per heavy atom. The van der Waals surface area contributed by atoms with Gasteiger partial charge in [-0.1, -0.05) is 0 Å². The molecule has 2 amide bonds. The molecule has 134 valence electrons. The number of sulfonamides is 1. The molecule has 2 aliphatic heterocycles. The molecule has 0 unspecified atom stereocenters. The highest BCUT2D eigenvalue weighted by molar-refractivity contribution is 7.89. The lowest BCUT2D eigenvalue weighted by Gasteiger charge is -2.35. The van der Waals surface area contributed by atoms with Crippen LogP contribution in [0.2, 0.25) is 0 Å². The SMILES string of the molecule is Cn1c(=O)n(C)c2cc(S(=O)(=O)N3CCN4C(=O)NC[C@@H]4C3)ccc21. The van der Waals surface area contributed by atoms with E-state index >= 15 is 0 Å². The van der Waals surface area contributed by atoms with Gasteiger partial charge in [0.2, 0.25) is 10.0 Å². The van der Waals surface area contributed by atoms with Gasteiger partial charge in [0, 0.05) is 40.3 Å². The molecule has 0 radical (unpaired) electrons. The van der Waals surface area contributed by atoms with Gasteiger partial charge in [-0.2, -0.15) is 4.31 Å². The quantitative estimate of drug-likeness (QED) is 0.759. The second kappa shape index (κ2) is 5.33. The van der Waals surface area contributed by atoms with Crippen LogP contribution in [0.4, 0.5) is 4.79 Å². The van der Waals surface area contributed by atoms with Crippen molar-refractivity contribution < 1.29 is 13.2 Å². The van der Waals surface area contributed by atoms with E-state index in [0.717, 1.165) is 0 Å². The van der Waals surface area contributed by atoms with E-state index in [9.17, 15) is 18.0 Å². The number of piperazine rings is 1. The zero-order valence-corrected chi connectivity index (χ0v) is 14.8. The molecule has 0 spiro atoms. The van der Waals surface area contributed by atoms with E-state index < -0.39 is 10.0 Å². The summed E-state index contributed by atoms with van der Waals surface area (Å²) in [6.07, 6.45) is 0. The van der Waals surface area contributed by atoms with Crippen LogP contribution >= 0.6 is 0 Å². The fourth-order valence-corrected chi connectivity index (χ4v) is 5.08. The van der Waals surface area contributed by atoms with Crippen LogP contribution in [0, 0.1) is 0 Å². The topological polar surface area (TPSA) is 96.7 Å². The highest BCUT2D eigenvalue weighted by Gasteiger charge is 2.39. The monoisotopic (exact) mass is 365 g/mol. The summed E-state index contributed by atoms with van der Waals surface area (Å²) in [6.45, 7) is 1.36. The molecule has 4 rings (SSSR count). The van der Waals surface area contributed by atoms with E-state index in [1.165, 1.54) is 25.6 Å². The van der Waals surface area contributed by atoms with Crippen molar-refractivity contribution in [2.24, 2.45) is 14.1 Å². The van der Waals surface area contributed by atoms with Crippen molar-refractivity contribution in [1.29, 1.82) is 0 Å². The number of carbonyl (C=O) groups excluding carboxylic acids is 1. The molecule has 1 N–H and O–H groups in total. The Bertz CT molecular complexity index is 1040. The summed E-state index contributed by atoms with van der Waals surface area (Å²) >= 11 is 0. The molecular formula is C15H19N5O4S. The maximum absolute atomic E-state index is 13.0. The van der Waals surface area contributed by atoms with Crippen LogP contribution in [0.5, 0.6) is 0 Å². The minimum atomic E-state index is -3.69. The van der Waals surface area contributed by atoms with E-state index in [1.54, 1.807) is 25.1 Å². The number of urea groups is 1. The number of aromatic nitrogens is 2. The maximum atomic E-state index is 13.0. The summed E-state index contributed by atoms with van der Waals surface area (Å²) in [7, 11) is -0.411. The fourth-order valence-electron chi connectivity index (χ4n) is 3.59. The van der Waals surface area contributed by atoms with Crippen molar-refractivity contribution in [2.45, 2.75) is 10.9 Å². The normalized spacial score (nSPS) is 21.6. The molecule has 0 aliphatic carbocycles. The summed E-state index contributed by atoms with van der Waals surface area (Å²) in [5.74, 6) is 0. The average Bonchev–Trinajstić information content (AvgIpc) is 3.08. The molecule has 1 aromatic heterocycles. The molecule has 2 fully saturated rings. The second-order valence-corrected chi connectivity index (χ2v) is 8.39. The molecule has 0 saturated carbocycles. The molecular weight excluding hydrogens is 346 g/mol. The Kier molecular flexibility index (Phi) is 3.45. The van der Waals surface area contributed by atoms with E-state index in [2.05, 4.69) is 5.32 Å². The molecule has 9 nitrogen and oxygen atoms in total.